The molecule has 4 nitrogen and oxygen atoms in total. The quantitative estimate of drug-likeness (QED) is 0.837. The molecule has 1 aromatic carbocycles. The highest BCUT2D eigenvalue weighted by Gasteiger charge is 2.19. The second kappa shape index (κ2) is 8.04. The van der Waals surface area contributed by atoms with Crippen molar-refractivity contribution in [2.24, 2.45) is 0 Å². The first-order valence-corrected chi connectivity index (χ1v) is 9.62. The van der Waals surface area contributed by atoms with Crippen molar-refractivity contribution in [1.29, 1.82) is 0 Å². The summed E-state index contributed by atoms with van der Waals surface area (Å²) in [6.07, 6.45) is 1.85. The number of hydrogen-bond acceptors (Lipinski definition) is 3. The zero-order valence-electron chi connectivity index (χ0n) is 15.9. The second-order valence-corrected chi connectivity index (χ2v) is 8.15. The van der Waals surface area contributed by atoms with E-state index in [1.54, 1.807) is 0 Å². The summed E-state index contributed by atoms with van der Waals surface area (Å²) in [7, 11) is 0. The zero-order chi connectivity index (χ0) is 18.6. The molecule has 0 unspecified atom stereocenters. The van der Waals surface area contributed by atoms with Gasteiger partial charge in [-0.2, -0.15) is 0 Å². The van der Waals surface area contributed by atoms with Gasteiger partial charge in [0.15, 0.2) is 5.11 Å². The van der Waals surface area contributed by atoms with Crippen LogP contribution in [0.3, 0.4) is 0 Å². The summed E-state index contributed by atoms with van der Waals surface area (Å²) < 4.78 is 0. The fourth-order valence-electron chi connectivity index (χ4n) is 3.09. The number of nitrogens with zero attached hydrogens (tertiary/aromatic N) is 3. The molecule has 0 aliphatic carbocycles. The van der Waals surface area contributed by atoms with Gasteiger partial charge in [-0.1, -0.05) is 51.1 Å². The van der Waals surface area contributed by atoms with Crippen LogP contribution in [0.4, 0.5) is 5.82 Å². The average molecular weight is 369 g/mol. The highest BCUT2D eigenvalue weighted by Crippen LogP contribution is 2.22. The third-order valence-corrected chi connectivity index (χ3v) is 5.21. The van der Waals surface area contributed by atoms with Gasteiger partial charge in [0, 0.05) is 38.9 Å². The summed E-state index contributed by atoms with van der Waals surface area (Å²) in [5.74, 6) is 1.05. The molecule has 0 radical (unpaired) electrons. The van der Waals surface area contributed by atoms with Gasteiger partial charge < -0.3 is 15.1 Å². The van der Waals surface area contributed by atoms with E-state index in [0.29, 0.717) is 0 Å². The molecule has 1 fully saturated rings. The van der Waals surface area contributed by atoms with E-state index in [4.69, 9.17) is 12.2 Å². The number of anilines is 1. The van der Waals surface area contributed by atoms with Crippen LogP contribution in [-0.4, -0.2) is 41.2 Å². The Balaban J connectivity index is 1.47. The molecular formula is C21H28N4S. The summed E-state index contributed by atoms with van der Waals surface area (Å²) >= 11 is 5.59. The molecule has 26 heavy (non-hydrogen) atoms. The van der Waals surface area contributed by atoms with E-state index in [2.05, 4.69) is 71.2 Å². The van der Waals surface area contributed by atoms with Crippen LogP contribution in [0.25, 0.3) is 0 Å². The first-order valence-electron chi connectivity index (χ1n) is 9.22. The van der Waals surface area contributed by atoms with Crippen molar-refractivity contribution in [3.63, 3.8) is 0 Å². The van der Waals surface area contributed by atoms with Gasteiger partial charge in [0.2, 0.25) is 0 Å². The standard InChI is InChI=1S/C21H28N4S/c1-21(2,3)18-9-7-17(8-10-18)16-23-20(26)25-14-12-24(13-15-25)19-6-4-5-11-22-19/h4-11H,12-16H2,1-3H3,(H,23,26). The minimum absolute atomic E-state index is 0.189. The maximum absolute atomic E-state index is 5.59. The molecule has 0 saturated carbocycles. The van der Waals surface area contributed by atoms with Crippen LogP contribution < -0.4 is 10.2 Å². The van der Waals surface area contributed by atoms with Gasteiger partial charge in [-0.05, 0) is 40.9 Å². The van der Waals surface area contributed by atoms with Gasteiger partial charge in [0.05, 0.1) is 0 Å². The Morgan fingerprint density at radius 1 is 1.04 bits per heavy atom. The Morgan fingerprint density at radius 3 is 2.31 bits per heavy atom. The summed E-state index contributed by atoms with van der Waals surface area (Å²) in [5, 5.41) is 4.24. The van der Waals surface area contributed by atoms with Crippen molar-refractivity contribution in [3.8, 4) is 0 Å². The molecule has 1 aliphatic heterocycles. The highest BCUT2D eigenvalue weighted by molar-refractivity contribution is 7.80. The van der Waals surface area contributed by atoms with Crippen LogP contribution in [0, 0.1) is 0 Å². The summed E-state index contributed by atoms with van der Waals surface area (Å²) in [4.78, 5) is 8.99. The number of aromatic nitrogens is 1. The first-order chi connectivity index (χ1) is 12.4. The molecule has 1 aromatic heterocycles. The predicted octanol–water partition coefficient (Wildman–Crippen LogP) is 3.58. The number of thiocarbonyl (C=S) groups is 1. The molecule has 5 heteroatoms. The third kappa shape index (κ3) is 4.73. The lowest BCUT2D eigenvalue weighted by Crippen LogP contribution is -2.51. The lowest BCUT2D eigenvalue weighted by Gasteiger charge is -2.36. The van der Waals surface area contributed by atoms with Gasteiger partial charge in [-0.3, -0.25) is 0 Å². The lowest BCUT2D eigenvalue weighted by molar-refractivity contribution is 0.379. The van der Waals surface area contributed by atoms with Crippen LogP contribution >= 0.6 is 12.2 Å². The Bertz CT molecular complexity index is 714. The molecule has 2 heterocycles. The molecular weight excluding hydrogens is 340 g/mol. The molecule has 1 N–H and O–H groups in total. The van der Waals surface area contributed by atoms with Crippen LogP contribution in [0.5, 0.6) is 0 Å². The van der Waals surface area contributed by atoms with Crippen molar-refractivity contribution in [2.75, 3.05) is 31.1 Å². The lowest BCUT2D eigenvalue weighted by atomic mass is 9.87. The minimum atomic E-state index is 0.189. The van der Waals surface area contributed by atoms with Crippen LogP contribution in [0.2, 0.25) is 0 Å². The topological polar surface area (TPSA) is 31.4 Å². The average Bonchev–Trinajstić information content (AvgIpc) is 2.66. The van der Waals surface area contributed by atoms with Crippen molar-refractivity contribution in [1.82, 2.24) is 15.2 Å². The zero-order valence-corrected chi connectivity index (χ0v) is 16.7. The maximum atomic E-state index is 5.59. The fraction of sp³-hybridized carbons (Fsp3) is 0.429. The van der Waals surface area contributed by atoms with Crippen LogP contribution in [-0.2, 0) is 12.0 Å². The van der Waals surface area contributed by atoms with Crippen molar-refractivity contribution >= 4 is 23.1 Å². The van der Waals surface area contributed by atoms with Crippen molar-refractivity contribution in [2.45, 2.75) is 32.7 Å². The van der Waals surface area contributed by atoms with Gasteiger partial charge in [0.1, 0.15) is 5.82 Å². The Kier molecular flexibility index (Phi) is 5.77. The van der Waals surface area contributed by atoms with Crippen molar-refractivity contribution in [3.05, 3.63) is 59.8 Å². The normalized spacial score (nSPS) is 15.0. The fourth-order valence-corrected chi connectivity index (χ4v) is 3.35. The van der Waals surface area contributed by atoms with Gasteiger partial charge in [-0.25, -0.2) is 4.98 Å². The van der Waals surface area contributed by atoms with Crippen LogP contribution in [0.15, 0.2) is 48.7 Å². The molecule has 0 atom stereocenters. The molecule has 138 valence electrons. The number of rotatable bonds is 3. The predicted molar refractivity (Wildman–Crippen MR) is 113 cm³/mol. The molecule has 3 rings (SSSR count). The number of benzene rings is 1. The van der Waals surface area contributed by atoms with E-state index in [0.717, 1.165) is 43.7 Å². The number of nitrogens with one attached hydrogen (secondary N) is 1. The summed E-state index contributed by atoms with van der Waals surface area (Å²) in [6.45, 7) is 11.2. The maximum Gasteiger partial charge on any atom is 0.169 e. The Morgan fingerprint density at radius 2 is 1.73 bits per heavy atom. The summed E-state index contributed by atoms with van der Waals surface area (Å²) in [6, 6.07) is 14.9. The number of hydrogen-bond donors (Lipinski definition) is 1. The first kappa shape index (κ1) is 18.6. The molecule has 1 aliphatic rings. The minimum Gasteiger partial charge on any atom is -0.358 e. The van der Waals surface area contributed by atoms with E-state index in [-0.39, 0.29) is 5.41 Å². The van der Waals surface area contributed by atoms with Crippen LogP contribution in [0.1, 0.15) is 31.9 Å². The highest BCUT2D eigenvalue weighted by atomic mass is 32.1. The van der Waals surface area contributed by atoms with Gasteiger partial charge >= 0.3 is 0 Å². The van der Waals surface area contributed by atoms with Crippen molar-refractivity contribution < 1.29 is 0 Å². The van der Waals surface area contributed by atoms with E-state index in [9.17, 15) is 0 Å². The van der Waals surface area contributed by atoms with Gasteiger partial charge in [0.25, 0.3) is 0 Å². The number of pyridine rings is 1. The third-order valence-electron chi connectivity index (χ3n) is 4.80. The molecule has 0 bridgehead atoms. The SMILES string of the molecule is CC(C)(C)c1ccc(CNC(=S)N2CCN(c3ccccn3)CC2)cc1. The molecule has 1 saturated heterocycles. The van der Waals surface area contributed by atoms with E-state index < -0.39 is 0 Å². The largest absolute Gasteiger partial charge is 0.358 e. The van der Waals surface area contributed by atoms with E-state index in [1.165, 1.54) is 11.1 Å². The summed E-state index contributed by atoms with van der Waals surface area (Å²) in [5.41, 5.74) is 2.80. The Labute approximate surface area is 162 Å². The second-order valence-electron chi connectivity index (χ2n) is 7.77. The number of piperazine rings is 1. The Hall–Kier alpha value is -2.14. The smallest absolute Gasteiger partial charge is 0.169 e. The monoisotopic (exact) mass is 368 g/mol. The van der Waals surface area contributed by atoms with Gasteiger partial charge in [-0.15, -0.1) is 0 Å². The molecule has 0 amide bonds. The van der Waals surface area contributed by atoms with E-state index >= 15 is 0 Å². The van der Waals surface area contributed by atoms with E-state index in [1.807, 2.05) is 18.3 Å². The molecule has 0 spiro atoms. The molecule has 2 aromatic rings.